The Morgan fingerprint density at radius 2 is 2.12 bits per heavy atom. The molecule has 2 heterocycles. The molecule has 0 aliphatic carbocycles. The van der Waals surface area contributed by atoms with Gasteiger partial charge >= 0.3 is 0 Å². The van der Waals surface area contributed by atoms with E-state index in [-0.39, 0.29) is 36.2 Å². The highest BCUT2D eigenvalue weighted by Crippen LogP contribution is 2.19. The van der Waals surface area contributed by atoms with Gasteiger partial charge in [-0.05, 0) is 12.8 Å². The lowest BCUT2D eigenvalue weighted by molar-refractivity contribution is -0.137. The van der Waals surface area contributed by atoms with E-state index in [1.165, 1.54) is 6.92 Å². The van der Waals surface area contributed by atoms with Crippen molar-refractivity contribution in [2.75, 3.05) is 33.9 Å². The summed E-state index contributed by atoms with van der Waals surface area (Å²) in [5.41, 5.74) is 6.03. The molecule has 0 bridgehead atoms. The van der Waals surface area contributed by atoms with Crippen molar-refractivity contribution < 1.29 is 14.3 Å². The standard InChI is InChI=1S/C16H28N6O3.ClH/c1-12(23)22-8-13(4-5-14(17)9-22)16(24)20(2)10-15-19-18-11-21(15)6-7-25-3;/h11,13-14H,4-10,17H2,1-3H3;1H/t13-,14+;/m1./s1. The van der Waals surface area contributed by atoms with E-state index in [4.69, 9.17) is 10.5 Å². The van der Waals surface area contributed by atoms with E-state index in [1.807, 2.05) is 4.57 Å². The van der Waals surface area contributed by atoms with E-state index >= 15 is 0 Å². The van der Waals surface area contributed by atoms with Crippen LogP contribution >= 0.6 is 12.4 Å². The number of amides is 2. The third-order valence-corrected chi connectivity index (χ3v) is 4.56. The van der Waals surface area contributed by atoms with Gasteiger partial charge in [0.2, 0.25) is 11.8 Å². The molecule has 26 heavy (non-hydrogen) atoms. The number of aromatic nitrogens is 3. The summed E-state index contributed by atoms with van der Waals surface area (Å²) < 4.78 is 6.94. The number of nitrogens with zero attached hydrogens (tertiary/aromatic N) is 5. The molecule has 0 radical (unpaired) electrons. The zero-order valence-electron chi connectivity index (χ0n) is 15.6. The van der Waals surface area contributed by atoms with Gasteiger partial charge in [-0.3, -0.25) is 9.59 Å². The van der Waals surface area contributed by atoms with Crippen molar-refractivity contribution in [1.82, 2.24) is 24.6 Å². The van der Waals surface area contributed by atoms with Crippen molar-refractivity contribution in [2.24, 2.45) is 11.7 Å². The molecule has 0 spiro atoms. The van der Waals surface area contributed by atoms with Gasteiger partial charge in [0.15, 0.2) is 5.82 Å². The summed E-state index contributed by atoms with van der Waals surface area (Å²) in [6.07, 6.45) is 3.05. The Balaban J connectivity index is 0.00000338. The van der Waals surface area contributed by atoms with Crippen LogP contribution in [0.4, 0.5) is 0 Å². The van der Waals surface area contributed by atoms with Crippen molar-refractivity contribution in [1.29, 1.82) is 0 Å². The van der Waals surface area contributed by atoms with E-state index in [0.29, 0.717) is 45.0 Å². The molecule has 148 valence electrons. The number of carbonyl (C=O) groups is 2. The Kier molecular flexibility index (Phi) is 8.97. The van der Waals surface area contributed by atoms with Crippen LogP contribution in [0.1, 0.15) is 25.6 Å². The topological polar surface area (TPSA) is 107 Å². The molecule has 2 atom stereocenters. The maximum Gasteiger partial charge on any atom is 0.227 e. The molecule has 0 unspecified atom stereocenters. The van der Waals surface area contributed by atoms with E-state index in [9.17, 15) is 9.59 Å². The van der Waals surface area contributed by atoms with Crippen LogP contribution in [0.25, 0.3) is 0 Å². The molecule has 1 aromatic rings. The molecule has 0 saturated carbocycles. The number of ether oxygens (including phenoxy) is 1. The Labute approximate surface area is 160 Å². The third-order valence-electron chi connectivity index (χ3n) is 4.56. The Morgan fingerprint density at radius 1 is 1.38 bits per heavy atom. The molecule has 10 heteroatoms. The first-order chi connectivity index (χ1) is 11.9. The summed E-state index contributed by atoms with van der Waals surface area (Å²) in [7, 11) is 3.39. The number of likely N-dealkylation sites (tertiary alicyclic amines) is 1. The number of carbonyl (C=O) groups excluding carboxylic acids is 2. The largest absolute Gasteiger partial charge is 0.383 e. The molecule has 1 aliphatic heterocycles. The van der Waals surface area contributed by atoms with Crippen LogP contribution in [0.2, 0.25) is 0 Å². The molecule has 0 aromatic carbocycles. The molecule has 2 amide bonds. The SMILES string of the molecule is COCCn1cnnc1CN(C)C(=O)[C@@H]1CC[C@H](N)CN(C(C)=O)C1.Cl. The second kappa shape index (κ2) is 10.4. The van der Waals surface area contributed by atoms with Crippen LogP contribution in [0.3, 0.4) is 0 Å². The number of hydrogen-bond donors (Lipinski definition) is 1. The maximum absolute atomic E-state index is 12.8. The van der Waals surface area contributed by atoms with Crippen molar-refractivity contribution in [3.8, 4) is 0 Å². The number of nitrogens with two attached hydrogens (primary N) is 1. The average molecular weight is 389 g/mol. The first-order valence-corrected chi connectivity index (χ1v) is 8.54. The highest BCUT2D eigenvalue weighted by Gasteiger charge is 2.30. The van der Waals surface area contributed by atoms with E-state index < -0.39 is 0 Å². The Bertz CT molecular complexity index is 596. The predicted octanol–water partition coefficient (Wildman–Crippen LogP) is -0.109. The summed E-state index contributed by atoms with van der Waals surface area (Å²) in [6, 6.07) is -0.0795. The van der Waals surface area contributed by atoms with Gasteiger partial charge in [-0.15, -0.1) is 22.6 Å². The fraction of sp³-hybridized carbons (Fsp3) is 0.750. The van der Waals surface area contributed by atoms with Gasteiger partial charge in [-0.2, -0.15) is 0 Å². The van der Waals surface area contributed by atoms with Crippen LogP contribution in [0, 0.1) is 5.92 Å². The second-order valence-corrected chi connectivity index (χ2v) is 6.59. The van der Waals surface area contributed by atoms with Crippen LogP contribution < -0.4 is 5.73 Å². The second-order valence-electron chi connectivity index (χ2n) is 6.59. The fourth-order valence-corrected chi connectivity index (χ4v) is 3.06. The van der Waals surface area contributed by atoms with E-state index in [2.05, 4.69) is 10.2 Å². The lowest BCUT2D eigenvalue weighted by Crippen LogP contribution is -2.42. The molecule has 9 nitrogen and oxygen atoms in total. The Morgan fingerprint density at radius 3 is 2.77 bits per heavy atom. The zero-order valence-corrected chi connectivity index (χ0v) is 16.4. The quantitative estimate of drug-likeness (QED) is 0.728. The third kappa shape index (κ3) is 5.93. The molecule has 2 N–H and O–H groups in total. The van der Waals surface area contributed by atoms with Gasteiger partial charge in [-0.1, -0.05) is 0 Å². The van der Waals surface area contributed by atoms with Gasteiger partial charge in [0.05, 0.1) is 19.1 Å². The van der Waals surface area contributed by atoms with E-state index in [0.717, 1.165) is 6.42 Å². The van der Waals surface area contributed by atoms with Gasteiger partial charge in [-0.25, -0.2) is 0 Å². The van der Waals surface area contributed by atoms with Crippen LogP contribution in [0.15, 0.2) is 6.33 Å². The summed E-state index contributed by atoms with van der Waals surface area (Å²) in [5.74, 6) is 0.429. The molecule has 1 aliphatic rings. The molecule has 1 fully saturated rings. The summed E-state index contributed by atoms with van der Waals surface area (Å²) in [5, 5.41) is 8.00. The average Bonchev–Trinajstić information content (AvgIpc) is 2.91. The van der Waals surface area contributed by atoms with Crippen molar-refractivity contribution in [2.45, 2.75) is 38.9 Å². The first kappa shape index (κ1) is 22.3. The zero-order chi connectivity index (χ0) is 18.4. The lowest BCUT2D eigenvalue weighted by atomic mass is 10.0. The predicted molar refractivity (Wildman–Crippen MR) is 98.6 cm³/mol. The molecular weight excluding hydrogens is 360 g/mol. The first-order valence-electron chi connectivity index (χ1n) is 8.54. The maximum atomic E-state index is 12.8. The fourth-order valence-electron chi connectivity index (χ4n) is 3.06. The van der Waals surface area contributed by atoms with Crippen LogP contribution in [0.5, 0.6) is 0 Å². The number of methoxy groups -OCH3 is 1. The molecular formula is C16H29ClN6O3. The highest BCUT2D eigenvalue weighted by atomic mass is 35.5. The minimum atomic E-state index is -0.238. The minimum absolute atomic E-state index is 0. The van der Waals surface area contributed by atoms with Crippen molar-refractivity contribution >= 4 is 24.2 Å². The minimum Gasteiger partial charge on any atom is -0.383 e. The summed E-state index contributed by atoms with van der Waals surface area (Å²) >= 11 is 0. The van der Waals surface area contributed by atoms with Gasteiger partial charge in [0, 0.05) is 46.8 Å². The van der Waals surface area contributed by atoms with Crippen LogP contribution in [-0.4, -0.2) is 76.3 Å². The number of hydrogen-bond acceptors (Lipinski definition) is 6. The number of halogens is 1. The Hall–Kier alpha value is -1.71. The summed E-state index contributed by atoms with van der Waals surface area (Å²) in [6.45, 7) is 4.00. The normalized spacial score (nSPS) is 20.2. The van der Waals surface area contributed by atoms with Gasteiger partial charge < -0.3 is 24.8 Å². The smallest absolute Gasteiger partial charge is 0.227 e. The van der Waals surface area contributed by atoms with Gasteiger partial charge in [0.1, 0.15) is 6.33 Å². The number of rotatable bonds is 6. The van der Waals surface area contributed by atoms with Crippen molar-refractivity contribution in [3.63, 3.8) is 0 Å². The van der Waals surface area contributed by atoms with Crippen molar-refractivity contribution in [3.05, 3.63) is 12.2 Å². The van der Waals surface area contributed by atoms with Gasteiger partial charge in [0.25, 0.3) is 0 Å². The summed E-state index contributed by atoms with van der Waals surface area (Å²) in [4.78, 5) is 27.9. The molecule has 1 saturated heterocycles. The monoisotopic (exact) mass is 388 g/mol. The van der Waals surface area contributed by atoms with Crippen LogP contribution in [-0.2, 0) is 27.4 Å². The molecule has 2 rings (SSSR count). The molecule has 1 aromatic heterocycles. The lowest BCUT2D eigenvalue weighted by Gasteiger charge is -2.26. The highest BCUT2D eigenvalue weighted by molar-refractivity contribution is 5.85. The van der Waals surface area contributed by atoms with E-state index in [1.54, 1.807) is 30.3 Å².